The lowest BCUT2D eigenvalue weighted by Crippen LogP contribution is -2.38. The molecule has 0 saturated heterocycles. The molecule has 148 valence electrons. The third-order valence-corrected chi connectivity index (χ3v) is 4.03. The monoisotopic (exact) mass is 374 g/mol. The number of nitrogens with one attached hydrogen (secondary N) is 2. The van der Waals surface area contributed by atoms with Crippen LogP contribution in [0.2, 0.25) is 0 Å². The van der Waals surface area contributed by atoms with Crippen LogP contribution in [0, 0.1) is 0 Å². The predicted octanol–water partition coefficient (Wildman–Crippen LogP) is 2.00. The zero-order chi connectivity index (χ0) is 19.5. The summed E-state index contributed by atoms with van der Waals surface area (Å²) in [5.74, 6) is 3.24. The molecule has 0 radical (unpaired) electrons. The molecular formula is C19H30N6O2. The predicted molar refractivity (Wildman–Crippen MR) is 106 cm³/mol. The van der Waals surface area contributed by atoms with Crippen LogP contribution >= 0.6 is 0 Å². The van der Waals surface area contributed by atoms with E-state index in [1.54, 1.807) is 20.5 Å². The van der Waals surface area contributed by atoms with E-state index in [-0.39, 0.29) is 0 Å². The molecule has 2 aromatic rings. The van der Waals surface area contributed by atoms with Gasteiger partial charge in [0.25, 0.3) is 0 Å². The van der Waals surface area contributed by atoms with Gasteiger partial charge >= 0.3 is 0 Å². The van der Waals surface area contributed by atoms with E-state index in [2.05, 4.69) is 39.7 Å². The quantitative estimate of drug-likeness (QED) is 0.489. The highest BCUT2D eigenvalue weighted by Crippen LogP contribution is 2.28. The number of benzene rings is 1. The van der Waals surface area contributed by atoms with Crippen LogP contribution in [0.3, 0.4) is 0 Å². The molecule has 0 atom stereocenters. The molecule has 8 heteroatoms. The first kappa shape index (κ1) is 20.5. The van der Waals surface area contributed by atoms with Crippen molar-refractivity contribution in [3.63, 3.8) is 0 Å². The van der Waals surface area contributed by atoms with Crippen molar-refractivity contribution >= 4 is 5.96 Å². The zero-order valence-electron chi connectivity index (χ0n) is 16.7. The fourth-order valence-corrected chi connectivity index (χ4v) is 2.59. The number of aromatic nitrogens is 3. The van der Waals surface area contributed by atoms with Gasteiger partial charge in [-0.1, -0.05) is 19.9 Å². The van der Waals surface area contributed by atoms with Gasteiger partial charge in [0.15, 0.2) is 17.5 Å². The summed E-state index contributed by atoms with van der Waals surface area (Å²) in [6, 6.07) is 5.95. The molecule has 1 aromatic carbocycles. The third kappa shape index (κ3) is 6.16. The number of hydrogen-bond donors (Lipinski definition) is 2. The molecule has 0 bridgehead atoms. The molecule has 8 nitrogen and oxygen atoms in total. The number of guanidine groups is 1. The first-order valence-corrected chi connectivity index (χ1v) is 9.32. The van der Waals surface area contributed by atoms with Crippen molar-refractivity contribution in [2.75, 3.05) is 27.3 Å². The molecule has 0 aliphatic carbocycles. The van der Waals surface area contributed by atoms with Gasteiger partial charge in [-0.15, -0.1) is 10.2 Å². The first-order chi connectivity index (χ1) is 13.2. The number of rotatable bonds is 10. The Labute approximate surface area is 161 Å². The molecule has 0 saturated carbocycles. The van der Waals surface area contributed by atoms with Crippen LogP contribution < -0.4 is 20.1 Å². The molecular weight excluding hydrogens is 344 g/mol. The summed E-state index contributed by atoms with van der Waals surface area (Å²) in [5.41, 5.74) is 1.09. The summed E-state index contributed by atoms with van der Waals surface area (Å²) in [7, 11) is 3.41. The fourth-order valence-electron chi connectivity index (χ4n) is 2.59. The van der Waals surface area contributed by atoms with Crippen molar-refractivity contribution in [1.82, 2.24) is 25.4 Å². The van der Waals surface area contributed by atoms with Crippen LogP contribution in [-0.4, -0.2) is 48.0 Å². The van der Waals surface area contributed by atoms with Gasteiger partial charge < -0.3 is 24.7 Å². The van der Waals surface area contributed by atoms with Crippen molar-refractivity contribution in [1.29, 1.82) is 0 Å². The van der Waals surface area contributed by atoms with E-state index in [0.29, 0.717) is 13.2 Å². The summed E-state index contributed by atoms with van der Waals surface area (Å²) < 4.78 is 13.2. The fraction of sp³-hybridized carbons (Fsp3) is 0.526. The second-order valence-corrected chi connectivity index (χ2v) is 5.98. The molecule has 0 spiro atoms. The lowest BCUT2D eigenvalue weighted by Gasteiger charge is -2.14. The number of aryl methyl sites for hydroxylation is 1. The summed E-state index contributed by atoms with van der Waals surface area (Å²) in [4.78, 5) is 4.26. The number of aliphatic imine (C=N–C) groups is 1. The normalized spacial score (nSPS) is 11.3. The summed E-state index contributed by atoms with van der Waals surface area (Å²) >= 11 is 0. The van der Waals surface area contributed by atoms with Gasteiger partial charge in [0.1, 0.15) is 12.2 Å². The van der Waals surface area contributed by atoms with Crippen LogP contribution in [0.4, 0.5) is 0 Å². The van der Waals surface area contributed by atoms with E-state index in [1.807, 2.05) is 22.8 Å². The molecule has 0 amide bonds. The van der Waals surface area contributed by atoms with Crippen LogP contribution in [0.15, 0.2) is 29.5 Å². The van der Waals surface area contributed by atoms with E-state index in [4.69, 9.17) is 9.47 Å². The Hall–Kier alpha value is -2.77. The molecule has 2 N–H and O–H groups in total. The maximum atomic E-state index is 5.69. The summed E-state index contributed by atoms with van der Waals surface area (Å²) in [5, 5.41) is 14.6. The van der Waals surface area contributed by atoms with Gasteiger partial charge in [0.2, 0.25) is 0 Å². The molecule has 0 aliphatic rings. The number of nitrogens with zero attached hydrogens (tertiary/aromatic N) is 4. The van der Waals surface area contributed by atoms with Crippen molar-refractivity contribution in [2.45, 2.75) is 39.8 Å². The lowest BCUT2D eigenvalue weighted by atomic mass is 10.2. The Morgan fingerprint density at radius 1 is 1.22 bits per heavy atom. The topological polar surface area (TPSA) is 85.6 Å². The van der Waals surface area contributed by atoms with E-state index < -0.39 is 0 Å². The Morgan fingerprint density at radius 2 is 2.07 bits per heavy atom. The van der Waals surface area contributed by atoms with Gasteiger partial charge in [-0.05, 0) is 24.1 Å². The van der Waals surface area contributed by atoms with E-state index in [9.17, 15) is 0 Å². The van der Waals surface area contributed by atoms with Crippen LogP contribution in [0.1, 0.15) is 31.7 Å². The SMILES string of the molecule is CCCOc1ccc(CNC(=NC)NCCn2cnnc2CC)cc1OC. The van der Waals surface area contributed by atoms with Gasteiger partial charge in [-0.2, -0.15) is 0 Å². The van der Waals surface area contributed by atoms with Gasteiger partial charge in [-0.25, -0.2) is 0 Å². The second-order valence-electron chi connectivity index (χ2n) is 5.98. The summed E-state index contributed by atoms with van der Waals surface area (Å²) in [6.45, 7) is 6.98. The van der Waals surface area contributed by atoms with Gasteiger partial charge in [0.05, 0.1) is 13.7 Å². The van der Waals surface area contributed by atoms with E-state index in [1.165, 1.54) is 0 Å². The third-order valence-electron chi connectivity index (χ3n) is 4.03. The molecule has 0 unspecified atom stereocenters. The standard InChI is InChI=1S/C19H30N6O2/c1-5-11-27-16-8-7-15(12-17(16)26-4)13-22-19(20-3)21-9-10-25-14-23-24-18(25)6-2/h7-8,12,14H,5-6,9-11,13H2,1-4H3,(H2,20,21,22). The van der Waals surface area contributed by atoms with Crippen LogP contribution in [0.25, 0.3) is 0 Å². The Balaban J connectivity index is 1.84. The molecule has 2 rings (SSSR count). The van der Waals surface area contributed by atoms with Crippen LogP contribution in [0.5, 0.6) is 11.5 Å². The van der Waals surface area contributed by atoms with Crippen molar-refractivity contribution in [3.05, 3.63) is 35.9 Å². The van der Waals surface area contributed by atoms with E-state index in [0.717, 1.165) is 54.8 Å². The maximum absolute atomic E-state index is 5.69. The number of hydrogen-bond acceptors (Lipinski definition) is 5. The highest BCUT2D eigenvalue weighted by atomic mass is 16.5. The minimum Gasteiger partial charge on any atom is -0.493 e. The molecule has 1 aromatic heterocycles. The second kappa shape index (κ2) is 11.1. The largest absolute Gasteiger partial charge is 0.493 e. The number of ether oxygens (including phenoxy) is 2. The molecule has 0 aliphatic heterocycles. The van der Waals surface area contributed by atoms with Gasteiger partial charge in [-0.3, -0.25) is 4.99 Å². The van der Waals surface area contributed by atoms with Crippen molar-refractivity contribution in [3.8, 4) is 11.5 Å². The minimum absolute atomic E-state index is 0.636. The minimum atomic E-state index is 0.636. The average molecular weight is 374 g/mol. The lowest BCUT2D eigenvalue weighted by molar-refractivity contribution is 0.294. The Bertz CT molecular complexity index is 729. The van der Waals surface area contributed by atoms with Gasteiger partial charge in [0, 0.05) is 33.1 Å². The maximum Gasteiger partial charge on any atom is 0.191 e. The van der Waals surface area contributed by atoms with Crippen molar-refractivity contribution < 1.29 is 9.47 Å². The Morgan fingerprint density at radius 3 is 2.78 bits per heavy atom. The molecule has 1 heterocycles. The summed E-state index contributed by atoms with van der Waals surface area (Å²) in [6.07, 6.45) is 3.58. The smallest absolute Gasteiger partial charge is 0.191 e. The average Bonchev–Trinajstić information content (AvgIpc) is 3.16. The van der Waals surface area contributed by atoms with Crippen molar-refractivity contribution in [2.24, 2.45) is 4.99 Å². The highest BCUT2D eigenvalue weighted by molar-refractivity contribution is 5.79. The zero-order valence-corrected chi connectivity index (χ0v) is 16.7. The first-order valence-electron chi connectivity index (χ1n) is 9.32. The number of methoxy groups -OCH3 is 1. The molecule has 27 heavy (non-hydrogen) atoms. The van der Waals surface area contributed by atoms with Crippen LogP contribution in [-0.2, 0) is 19.5 Å². The van der Waals surface area contributed by atoms with E-state index >= 15 is 0 Å². The molecule has 0 fully saturated rings. The Kier molecular flexibility index (Phi) is 8.41. The highest BCUT2D eigenvalue weighted by Gasteiger charge is 2.07.